The molecule has 2 heterocycles. The summed E-state index contributed by atoms with van der Waals surface area (Å²) in [6, 6.07) is 3.70. The van der Waals surface area contributed by atoms with Gasteiger partial charge >= 0.3 is 16.3 Å². The molecule has 1 aromatic heterocycles. The molecule has 0 saturated carbocycles. The van der Waals surface area contributed by atoms with Gasteiger partial charge in [0.05, 0.1) is 19.7 Å². The average Bonchev–Trinajstić information content (AvgIpc) is 2.75. The summed E-state index contributed by atoms with van der Waals surface area (Å²) < 4.78 is 38.2. The molecule has 2 aromatic rings. The molecule has 1 fully saturated rings. The first-order valence-electron chi connectivity index (χ1n) is 10.2. The summed E-state index contributed by atoms with van der Waals surface area (Å²) >= 11 is 0. The van der Waals surface area contributed by atoms with Gasteiger partial charge in [0.15, 0.2) is 11.5 Å². The average molecular weight is 468 g/mol. The van der Waals surface area contributed by atoms with Gasteiger partial charge in [-0.2, -0.15) is 13.1 Å². The van der Waals surface area contributed by atoms with Crippen LogP contribution in [0.5, 0.6) is 11.5 Å². The number of piperidine rings is 1. The number of nitrogens with zero attached hydrogens (tertiary/aromatic N) is 3. The van der Waals surface area contributed by atoms with Crippen LogP contribution in [0.3, 0.4) is 0 Å². The van der Waals surface area contributed by atoms with Gasteiger partial charge < -0.3 is 19.5 Å². The van der Waals surface area contributed by atoms with E-state index in [9.17, 15) is 13.2 Å². The number of anilines is 1. The molecule has 0 aliphatic carbocycles. The second kappa shape index (κ2) is 9.33. The van der Waals surface area contributed by atoms with Gasteiger partial charge in [0, 0.05) is 31.1 Å². The van der Waals surface area contributed by atoms with Gasteiger partial charge in [0.2, 0.25) is 0 Å². The second-order valence-electron chi connectivity index (χ2n) is 8.40. The van der Waals surface area contributed by atoms with E-state index >= 15 is 0 Å². The quantitative estimate of drug-likeness (QED) is 0.531. The van der Waals surface area contributed by atoms with Crippen molar-refractivity contribution >= 4 is 33.0 Å². The molecule has 11 nitrogen and oxygen atoms in total. The van der Waals surface area contributed by atoms with Gasteiger partial charge in [-0.15, -0.1) is 0 Å². The maximum absolute atomic E-state index is 11.8. The van der Waals surface area contributed by atoms with E-state index in [0.29, 0.717) is 11.5 Å². The highest BCUT2D eigenvalue weighted by Gasteiger charge is 2.34. The molecule has 1 aliphatic rings. The third-order valence-corrected chi connectivity index (χ3v) is 6.93. The van der Waals surface area contributed by atoms with Crippen LogP contribution < -0.4 is 23.8 Å². The van der Waals surface area contributed by atoms with E-state index in [1.807, 2.05) is 26.0 Å². The molecule has 32 heavy (non-hydrogen) atoms. The fourth-order valence-electron chi connectivity index (χ4n) is 4.07. The standard InChI is InChI=1S/C20H29N5O6S/c1-20(2,11-23-32(28,29)24-19(26)27)13-5-7-25(8-6-13)18-14-9-16(30-3)17(31-4)10-15(14)21-12-22-18/h9-10,12-13,23-24H,5-8,11H2,1-4H3,(H,26,27). The van der Waals surface area contributed by atoms with Gasteiger partial charge in [-0.3, -0.25) is 0 Å². The molecule has 176 valence electrons. The fraction of sp³-hybridized carbons (Fsp3) is 0.550. The van der Waals surface area contributed by atoms with Crippen LogP contribution in [0.15, 0.2) is 18.5 Å². The minimum atomic E-state index is -4.09. The zero-order valence-corrected chi connectivity index (χ0v) is 19.4. The van der Waals surface area contributed by atoms with E-state index in [-0.39, 0.29) is 17.9 Å². The summed E-state index contributed by atoms with van der Waals surface area (Å²) in [6.07, 6.45) is 1.58. The maximum Gasteiger partial charge on any atom is 0.419 e. The Morgan fingerprint density at radius 2 is 1.81 bits per heavy atom. The number of methoxy groups -OCH3 is 2. The number of carbonyl (C=O) groups is 1. The second-order valence-corrected chi connectivity index (χ2v) is 9.90. The number of aromatic nitrogens is 2. The van der Waals surface area contributed by atoms with Crippen molar-refractivity contribution in [2.45, 2.75) is 26.7 Å². The van der Waals surface area contributed by atoms with Crippen molar-refractivity contribution in [3.8, 4) is 11.5 Å². The Hall–Kier alpha value is -2.86. The predicted molar refractivity (Wildman–Crippen MR) is 119 cm³/mol. The first-order valence-corrected chi connectivity index (χ1v) is 11.7. The third-order valence-electron chi connectivity index (χ3n) is 5.96. The van der Waals surface area contributed by atoms with Gasteiger partial charge in [0.25, 0.3) is 0 Å². The Kier molecular flexibility index (Phi) is 6.94. The SMILES string of the molecule is COc1cc2ncnc(N3CCC(C(C)(C)CNS(=O)(=O)NC(=O)O)CC3)c2cc1OC. The zero-order chi connectivity index (χ0) is 23.5. The molecule has 3 rings (SSSR count). The Labute approximate surface area is 187 Å². The molecule has 1 amide bonds. The van der Waals surface area contributed by atoms with Crippen molar-refractivity contribution < 1.29 is 27.8 Å². The number of ether oxygens (including phenoxy) is 2. The number of benzene rings is 1. The lowest BCUT2D eigenvalue weighted by atomic mass is 9.74. The number of hydrogen-bond donors (Lipinski definition) is 3. The first-order chi connectivity index (χ1) is 15.1. The van der Waals surface area contributed by atoms with Gasteiger partial charge in [-0.1, -0.05) is 13.8 Å². The summed E-state index contributed by atoms with van der Waals surface area (Å²) in [7, 11) is -0.928. The molecule has 1 aliphatic heterocycles. The molecule has 0 bridgehead atoms. The van der Waals surface area contributed by atoms with Gasteiger partial charge in [-0.05, 0) is 30.2 Å². The van der Waals surface area contributed by atoms with E-state index in [0.717, 1.165) is 42.7 Å². The zero-order valence-electron chi connectivity index (χ0n) is 18.6. The molecular formula is C20H29N5O6S. The van der Waals surface area contributed by atoms with E-state index in [4.69, 9.17) is 14.6 Å². The van der Waals surface area contributed by atoms with Gasteiger partial charge in [-0.25, -0.2) is 19.5 Å². The lowest BCUT2D eigenvalue weighted by Gasteiger charge is -2.41. The van der Waals surface area contributed by atoms with Crippen LogP contribution >= 0.6 is 0 Å². The fourth-order valence-corrected chi connectivity index (χ4v) is 4.93. The van der Waals surface area contributed by atoms with Crippen molar-refractivity contribution in [1.82, 2.24) is 19.4 Å². The lowest BCUT2D eigenvalue weighted by molar-refractivity contribution is 0.178. The molecule has 12 heteroatoms. The van der Waals surface area contributed by atoms with Crippen LogP contribution in [-0.4, -0.2) is 63.4 Å². The Bertz CT molecular complexity index is 1080. The number of rotatable bonds is 8. The molecule has 1 aromatic carbocycles. The number of carboxylic acid groups (broad SMARTS) is 1. The highest BCUT2D eigenvalue weighted by Crippen LogP contribution is 2.38. The molecule has 1 saturated heterocycles. The summed E-state index contributed by atoms with van der Waals surface area (Å²) in [5, 5.41) is 9.51. The van der Waals surface area contributed by atoms with Crippen molar-refractivity contribution in [3.63, 3.8) is 0 Å². The smallest absolute Gasteiger partial charge is 0.419 e. The van der Waals surface area contributed by atoms with Crippen molar-refractivity contribution in [2.24, 2.45) is 11.3 Å². The van der Waals surface area contributed by atoms with Gasteiger partial charge in [0.1, 0.15) is 12.1 Å². The monoisotopic (exact) mass is 467 g/mol. The summed E-state index contributed by atoms with van der Waals surface area (Å²) in [5.74, 6) is 2.27. The number of hydrogen-bond acceptors (Lipinski definition) is 8. The van der Waals surface area contributed by atoms with E-state index in [2.05, 4.69) is 19.6 Å². The number of fused-ring (bicyclic) bond motifs is 1. The van der Waals surface area contributed by atoms with E-state index in [1.165, 1.54) is 11.0 Å². The third kappa shape index (κ3) is 5.30. The first kappa shape index (κ1) is 23.8. The largest absolute Gasteiger partial charge is 0.493 e. The van der Waals surface area contributed by atoms with Crippen LogP contribution in [0.25, 0.3) is 10.9 Å². The number of amides is 1. The minimum Gasteiger partial charge on any atom is -0.493 e. The lowest BCUT2D eigenvalue weighted by Crippen LogP contribution is -2.47. The van der Waals surface area contributed by atoms with Crippen molar-refractivity contribution in [3.05, 3.63) is 18.5 Å². The summed E-state index contributed by atoms with van der Waals surface area (Å²) in [6.45, 7) is 5.58. The van der Waals surface area contributed by atoms with Crippen LogP contribution in [-0.2, 0) is 10.2 Å². The van der Waals surface area contributed by atoms with Crippen molar-refractivity contribution in [1.29, 1.82) is 0 Å². The molecular weight excluding hydrogens is 438 g/mol. The molecule has 0 radical (unpaired) electrons. The van der Waals surface area contributed by atoms with Crippen LogP contribution in [0, 0.1) is 11.3 Å². The van der Waals surface area contributed by atoms with E-state index in [1.54, 1.807) is 14.2 Å². The van der Waals surface area contributed by atoms with Crippen LogP contribution in [0.1, 0.15) is 26.7 Å². The topological polar surface area (TPSA) is 143 Å². The molecule has 3 N–H and O–H groups in total. The van der Waals surface area contributed by atoms with E-state index < -0.39 is 16.3 Å². The Balaban J connectivity index is 1.71. The summed E-state index contributed by atoms with van der Waals surface area (Å²) in [4.78, 5) is 21.7. The minimum absolute atomic E-state index is 0.133. The highest BCUT2D eigenvalue weighted by atomic mass is 32.2. The molecule has 0 unspecified atom stereocenters. The highest BCUT2D eigenvalue weighted by molar-refractivity contribution is 7.88. The molecule has 0 atom stereocenters. The normalized spacial score (nSPS) is 15.6. The number of nitrogens with one attached hydrogen (secondary N) is 2. The Morgan fingerprint density at radius 3 is 2.41 bits per heavy atom. The molecule has 0 spiro atoms. The predicted octanol–water partition coefficient (Wildman–Crippen LogP) is 1.99. The summed E-state index contributed by atoms with van der Waals surface area (Å²) in [5.41, 5.74) is 0.402. The van der Waals surface area contributed by atoms with Crippen LogP contribution in [0.4, 0.5) is 10.6 Å². The van der Waals surface area contributed by atoms with Crippen LogP contribution in [0.2, 0.25) is 0 Å². The van der Waals surface area contributed by atoms with Crippen molar-refractivity contribution in [2.75, 3.05) is 38.8 Å². The Morgan fingerprint density at radius 1 is 1.19 bits per heavy atom. The maximum atomic E-state index is 11.8.